The van der Waals surface area contributed by atoms with E-state index in [-0.39, 0.29) is 0 Å². The molecule has 0 saturated heterocycles. The highest BCUT2D eigenvalue weighted by Crippen LogP contribution is 2.33. The van der Waals surface area contributed by atoms with Crippen LogP contribution in [0.15, 0.2) is 0 Å². The molecule has 0 aliphatic carbocycles. The first-order chi connectivity index (χ1) is 18.0. The normalized spacial score (nSPS) is 13.8. The predicted octanol–water partition coefficient (Wildman–Crippen LogP) is 2.75. The highest BCUT2D eigenvalue weighted by molar-refractivity contribution is 6.92. The number of hydrogen-bond donors (Lipinski definition) is 6. The molecule has 0 saturated carbocycles. The van der Waals surface area contributed by atoms with E-state index >= 15 is 0 Å². The largest absolute Gasteiger partial charge is 0.636 e. The Labute approximate surface area is 246 Å². The van der Waals surface area contributed by atoms with E-state index in [0.717, 1.165) is 76.7 Å². The lowest BCUT2D eigenvalue weighted by atomic mass is 10.5. The maximum atomic E-state index is 7.17. The van der Waals surface area contributed by atoms with Gasteiger partial charge in [-0.15, -0.1) is 0 Å². The number of rotatable bonds is 26. The third-order valence-corrected chi connectivity index (χ3v) is 23.7. The first-order valence-electron chi connectivity index (χ1n) is 15.0. The van der Waals surface area contributed by atoms with Crippen molar-refractivity contribution in [3.63, 3.8) is 0 Å². The van der Waals surface area contributed by atoms with Crippen molar-refractivity contribution in [1.29, 1.82) is 0 Å². The van der Waals surface area contributed by atoms with Gasteiger partial charge in [0.1, 0.15) is 0 Å². The third-order valence-electron chi connectivity index (χ3n) is 6.00. The molecular weight excluding hydrogens is 577 g/mol. The van der Waals surface area contributed by atoms with Gasteiger partial charge in [0, 0.05) is 39.3 Å². The van der Waals surface area contributed by atoms with Gasteiger partial charge in [-0.1, -0.05) is 0 Å². The van der Waals surface area contributed by atoms with Crippen LogP contribution >= 0.6 is 0 Å². The lowest BCUT2D eigenvalue weighted by Crippen LogP contribution is -2.66. The van der Waals surface area contributed by atoms with Crippen LogP contribution in [0.3, 0.4) is 0 Å². The zero-order valence-electron chi connectivity index (χ0n) is 27.0. The van der Waals surface area contributed by atoms with E-state index in [1.807, 2.05) is 0 Å². The molecule has 0 amide bonds. The molecule has 15 heteroatoms. The topological polar surface area (TPSA) is 151 Å². The Morgan fingerprint density at radius 1 is 0.436 bits per heavy atom. The summed E-state index contributed by atoms with van der Waals surface area (Å²) < 4.78 is 28.5. The molecule has 0 aliphatic heterocycles. The number of hydrogen-bond acceptors (Lipinski definition) is 10. The molecule has 0 aromatic carbocycles. The van der Waals surface area contributed by atoms with Gasteiger partial charge in [0.25, 0.3) is 0 Å². The van der Waals surface area contributed by atoms with E-state index in [9.17, 15) is 0 Å². The Bertz CT molecular complexity index is 561. The highest BCUT2D eigenvalue weighted by atomic mass is 28.5. The van der Waals surface area contributed by atoms with Crippen LogP contribution in [-0.4, -0.2) is 101 Å². The van der Waals surface area contributed by atoms with Crippen LogP contribution in [0.1, 0.15) is 19.3 Å². The zero-order valence-corrected chi connectivity index (χ0v) is 32.0. The van der Waals surface area contributed by atoms with Gasteiger partial charge in [-0.05, 0) is 116 Å². The van der Waals surface area contributed by atoms with Crippen LogP contribution in [0.5, 0.6) is 0 Å². The minimum absolute atomic E-state index is 0.655. The Kier molecular flexibility index (Phi) is 20.1. The van der Waals surface area contributed by atoms with Gasteiger partial charge in [-0.2, -0.15) is 0 Å². The molecule has 9 N–H and O–H groups in total. The molecule has 0 atom stereocenters. The fourth-order valence-corrected chi connectivity index (χ4v) is 22.9. The summed E-state index contributed by atoms with van der Waals surface area (Å²) >= 11 is 0. The van der Waals surface area contributed by atoms with Gasteiger partial charge in [0.15, 0.2) is 33.3 Å². The van der Waals surface area contributed by atoms with Crippen molar-refractivity contribution in [3.05, 3.63) is 0 Å². The Morgan fingerprint density at radius 3 is 0.949 bits per heavy atom. The van der Waals surface area contributed by atoms with Crippen LogP contribution in [-0.2, 0) is 16.5 Å². The SMILES string of the molecule is C[Si](C)(C)O[Si](O[Si](C)(C)CCCNCCN)(O[Si](C)(C)CCCNCCN)O[Si](C)(C)CCCNCCN. The summed E-state index contributed by atoms with van der Waals surface area (Å²) in [6.07, 6.45) is 3.12. The van der Waals surface area contributed by atoms with Crippen molar-refractivity contribution in [2.75, 3.05) is 58.9 Å². The van der Waals surface area contributed by atoms with Crippen LogP contribution in [0, 0.1) is 0 Å². The maximum absolute atomic E-state index is 7.17. The molecule has 0 spiro atoms. The Hall–Kier alpha value is 0.684. The van der Waals surface area contributed by atoms with Crippen LogP contribution in [0.2, 0.25) is 77.1 Å². The van der Waals surface area contributed by atoms with E-state index in [1.54, 1.807) is 0 Å². The summed E-state index contributed by atoms with van der Waals surface area (Å²) in [6.45, 7) is 27.7. The van der Waals surface area contributed by atoms with Gasteiger partial charge in [0.05, 0.1) is 0 Å². The standard InChI is InChI=1S/C24H66N6O4Si5/c1-35(2,3)31-39(32-36(4,5)22-10-16-28-19-13-25,33-37(6,7)23-11-17-29-20-14-26)34-38(8,9)24-12-18-30-21-15-27/h28-30H,10-27H2,1-9H3. The molecule has 236 valence electrons. The predicted molar refractivity (Wildman–Crippen MR) is 180 cm³/mol. The molecule has 0 heterocycles. The quantitative estimate of drug-likeness (QED) is 0.0614. The Morgan fingerprint density at radius 2 is 0.718 bits per heavy atom. The minimum Gasteiger partial charge on any atom is -0.396 e. The van der Waals surface area contributed by atoms with Crippen LogP contribution in [0.25, 0.3) is 0 Å². The molecule has 0 bridgehead atoms. The summed E-state index contributed by atoms with van der Waals surface area (Å²) in [5, 5.41) is 10.2. The molecule has 0 aromatic heterocycles. The van der Waals surface area contributed by atoms with Crippen molar-refractivity contribution < 1.29 is 16.5 Å². The van der Waals surface area contributed by atoms with Crippen molar-refractivity contribution in [3.8, 4) is 0 Å². The molecule has 39 heavy (non-hydrogen) atoms. The summed E-state index contributed by atoms with van der Waals surface area (Å²) in [6, 6.07) is 3.03. The second-order valence-electron chi connectivity index (χ2n) is 13.2. The van der Waals surface area contributed by atoms with Crippen molar-refractivity contribution in [2.45, 2.75) is 96.3 Å². The van der Waals surface area contributed by atoms with E-state index in [0.29, 0.717) is 19.6 Å². The van der Waals surface area contributed by atoms with E-state index in [2.05, 4.69) is 74.9 Å². The van der Waals surface area contributed by atoms with Gasteiger partial charge in [0.2, 0.25) is 0 Å². The molecule has 0 aromatic rings. The maximum Gasteiger partial charge on any atom is 0.636 e. The molecule has 0 rings (SSSR count). The van der Waals surface area contributed by atoms with Gasteiger partial charge in [-0.25, -0.2) is 0 Å². The Balaban J connectivity index is 5.93. The fourth-order valence-electron chi connectivity index (χ4n) is 4.27. The van der Waals surface area contributed by atoms with E-state index in [1.165, 1.54) is 0 Å². The molecule has 0 fully saturated rings. The minimum atomic E-state index is -3.44. The van der Waals surface area contributed by atoms with E-state index in [4.69, 9.17) is 33.7 Å². The smallest absolute Gasteiger partial charge is 0.396 e. The first kappa shape index (κ1) is 39.7. The molecule has 0 aliphatic rings. The summed E-state index contributed by atoms with van der Waals surface area (Å²) in [7, 11) is -12.0. The average Bonchev–Trinajstić information content (AvgIpc) is 2.76. The summed E-state index contributed by atoms with van der Waals surface area (Å²) in [4.78, 5) is 0. The lowest BCUT2D eigenvalue weighted by molar-refractivity contribution is 0.146. The van der Waals surface area contributed by atoms with Crippen LogP contribution in [0.4, 0.5) is 0 Å². The second kappa shape index (κ2) is 19.8. The van der Waals surface area contributed by atoms with Gasteiger partial charge >= 0.3 is 9.05 Å². The third kappa shape index (κ3) is 22.0. The van der Waals surface area contributed by atoms with Gasteiger partial charge in [-0.3, -0.25) is 0 Å². The van der Waals surface area contributed by atoms with Crippen LogP contribution < -0.4 is 33.2 Å². The second-order valence-corrected chi connectivity index (χ2v) is 33.8. The van der Waals surface area contributed by atoms with E-state index < -0.39 is 42.3 Å². The van der Waals surface area contributed by atoms with Crippen molar-refractivity contribution in [1.82, 2.24) is 16.0 Å². The summed E-state index contributed by atoms with van der Waals surface area (Å²) in [5.74, 6) is 0. The molecule has 0 radical (unpaired) electrons. The van der Waals surface area contributed by atoms with Gasteiger partial charge < -0.3 is 49.6 Å². The fraction of sp³-hybridized carbons (Fsp3) is 1.00. The van der Waals surface area contributed by atoms with Crippen molar-refractivity contribution in [2.24, 2.45) is 17.2 Å². The average molecular weight is 643 g/mol. The number of nitrogens with one attached hydrogen (secondary N) is 3. The summed E-state index contributed by atoms with van der Waals surface area (Å²) in [5.41, 5.74) is 16.9. The first-order valence-corrected chi connectivity index (χ1v) is 29.4. The molecular formula is C24H66N6O4Si5. The van der Waals surface area contributed by atoms with Crippen molar-refractivity contribution >= 4 is 42.3 Å². The number of nitrogens with two attached hydrogens (primary N) is 3. The molecule has 0 unspecified atom stereocenters. The highest BCUT2D eigenvalue weighted by Gasteiger charge is 2.57. The lowest BCUT2D eigenvalue weighted by Gasteiger charge is -2.45. The monoisotopic (exact) mass is 642 g/mol. The zero-order chi connectivity index (χ0) is 30.1. The molecule has 10 nitrogen and oxygen atoms in total.